The van der Waals surface area contributed by atoms with E-state index in [1.165, 1.54) is 0 Å². The number of rotatable bonds is 8. The first-order chi connectivity index (χ1) is 22.4. The molecule has 0 radical (unpaired) electrons. The van der Waals surface area contributed by atoms with Gasteiger partial charge in [0.15, 0.2) is 9.84 Å². The maximum Gasteiger partial charge on any atom is 0.269 e. The lowest BCUT2D eigenvalue weighted by Gasteiger charge is -2.20. The molecule has 0 aliphatic carbocycles. The Hall–Kier alpha value is -5.73. The summed E-state index contributed by atoms with van der Waals surface area (Å²) < 4.78 is 26.4. The fourth-order valence-corrected chi connectivity index (χ4v) is 7.14. The van der Waals surface area contributed by atoms with Gasteiger partial charge in [-0.3, -0.25) is 15.2 Å². The number of hydrogen-bond donors (Lipinski definition) is 2. The molecule has 7 nitrogen and oxygen atoms in total. The predicted octanol–water partition coefficient (Wildman–Crippen LogP) is 7.81. The molecule has 0 spiro atoms. The molecular weight excluding hydrogens is 593 g/mol. The van der Waals surface area contributed by atoms with Gasteiger partial charge in [0.25, 0.3) is 5.91 Å². The second-order valence-corrected chi connectivity index (χ2v) is 13.1. The SMILES string of the molecule is CN(NC(=O)c1ccc(-c2cnc3[nH]c4ccc(CS(=O)(=O)c5ccccc5)cc4c3c2-c2ccccc2)cc1)c1ccccc1. The maximum absolute atomic E-state index is 13.2. The topological polar surface area (TPSA) is 95.2 Å². The van der Waals surface area contributed by atoms with E-state index in [-0.39, 0.29) is 11.7 Å². The van der Waals surface area contributed by atoms with Gasteiger partial charge in [-0.2, -0.15) is 0 Å². The largest absolute Gasteiger partial charge is 0.339 e. The first-order valence-electron chi connectivity index (χ1n) is 14.8. The summed E-state index contributed by atoms with van der Waals surface area (Å²) in [6.07, 6.45) is 1.85. The average molecular weight is 623 g/mol. The third-order valence-corrected chi connectivity index (χ3v) is 9.78. The van der Waals surface area contributed by atoms with Gasteiger partial charge in [-0.15, -0.1) is 0 Å². The number of hydrogen-bond acceptors (Lipinski definition) is 5. The molecule has 2 heterocycles. The number of fused-ring (bicyclic) bond motifs is 3. The summed E-state index contributed by atoms with van der Waals surface area (Å²) >= 11 is 0. The van der Waals surface area contributed by atoms with Crippen molar-refractivity contribution in [3.05, 3.63) is 151 Å². The summed E-state index contributed by atoms with van der Waals surface area (Å²) in [6, 6.07) is 41.4. The molecule has 2 aromatic heterocycles. The number of nitrogens with zero attached hydrogens (tertiary/aromatic N) is 2. The highest BCUT2D eigenvalue weighted by Crippen LogP contribution is 2.41. The van der Waals surface area contributed by atoms with Crippen LogP contribution in [0.2, 0.25) is 0 Å². The second-order valence-electron chi connectivity index (χ2n) is 11.1. The van der Waals surface area contributed by atoms with E-state index in [1.807, 2.05) is 97.2 Å². The molecule has 5 aromatic carbocycles. The van der Waals surface area contributed by atoms with Gasteiger partial charge in [-0.1, -0.05) is 84.9 Å². The minimum absolute atomic E-state index is 0.115. The van der Waals surface area contributed by atoms with E-state index in [2.05, 4.69) is 22.5 Å². The number of para-hydroxylation sites is 1. The molecule has 0 bridgehead atoms. The van der Waals surface area contributed by atoms with Crippen molar-refractivity contribution in [2.75, 3.05) is 12.1 Å². The van der Waals surface area contributed by atoms with Gasteiger partial charge in [-0.25, -0.2) is 13.4 Å². The molecular formula is C38H30N4O3S. The fraction of sp³-hybridized carbons (Fsp3) is 0.0526. The van der Waals surface area contributed by atoms with Crippen LogP contribution >= 0.6 is 0 Å². The van der Waals surface area contributed by atoms with Crippen LogP contribution in [0.15, 0.2) is 145 Å². The van der Waals surface area contributed by atoms with Crippen LogP contribution in [0.4, 0.5) is 5.69 Å². The van der Waals surface area contributed by atoms with Crippen LogP contribution in [-0.4, -0.2) is 31.3 Å². The van der Waals surface area contributed by atoms with Gasteiger partial charge < -0.3 is 4.98 Å². The molecule has 1 amide bonds. The van der Waals surface area contributed by atoms with Crippen LogP contribution in [0.25, 0.3) is 44.2 Å². The Morgan fingerprint density at radius 3 is 2.13 bits per heavy atom. The zero-order valence-electron chi connectivity index (χ0n) is 25.0. The summed E-state index contributed by atoms with van der Waals surface area (Å²) in [7, 11) is -1.72. The van der Waals surface area contributed by atoms with Crippen molar-refractivity contribution >= 4 is 43.4 Å². The predicted molar refractivity (Wildman–Crippen MR) is 184 cm³/mol. The zero-order valence-corrected chi connectivity index (χ0v) is 25.8. The molecule has 0 aliphatic heterocycles. The van der Waals surface area contributed by atoms with E-state index < -0.39 is 9.84 Å². The first-order valence-corrected chi connectivity index (χ1v) is 16.5. The highest BCUT2D eigenvalue weighted by molar-refractivity contribution is 7.90. The number of aromatic amines is 1. The minimum Gasteiger partial charge on any atom is -0.339 e. The van der Waals surface area contributed by atoms with Crippen molar-refractivity contribution < 1.29 is 13.2 Å². The van der Waals surface area contributed by atoms with E-state index >= 15 is 0 Å². The Morgan fingerprint density at radius 1 is 0.783 bits per heavy atom. The molecule has 226 valence electrons. The van der Waals surface area contributed by atoms with Crippen molar-refractivity contribution in [2.24, 2.45) is 0 Å². The van der Waals surface area contributed by atoms with Crippen LogP contribution in [0.1, 0.15) is 15.9 Å². The van der Waals surface area contributed by atoms with Crippen LogP contribution in [0.5, 0.6) is 0 Å². The summed E-state index contributed by atoms with van der Waals surface area (Å²) in [5, 5.41) is 3.49. The molecule has 8 heteroatoms. The van der Waals surface area contributed by atoms with E-state index in [0.29, 0.717) is 21.7 Å². The van der Waals surface area contributed by atoms with E-state index in [4.69, 9.17) is 4.98 Å². The normalized spacial score (nSPS) is 11.5. The van der Waals surface area contributed by atoms with Gasteiger partial charge in [0.05, 0.1) is 16.3 Å². The second kappa shape index (κ2) is 12.0. The number of carbonyl (C=O) groups excluding carboxylic acids is 1. The third kappa shape index (κ3) is 5.62. The molecule has 0 saturated heterocycles. The number of pyridine rings is 1. The van der Waals surface area contributed by atoms with E-state index in [1.54, 1.807) is 42.4 Å². The van der Waals surface area contributed by atoms with Crippen molar-refractivity contribution in [1.82, 2.24) is 15.4 Å². The van der Waals surface area contributed by atoms with E-state index in [0.717, 1.165) is 44.2 Å². The molecule has 0 aliphatic rings. The van der Waals surface area contributed by atoms with Gasteiger partial charge >= 0.3 is 0 Å². The monoisotopic (exact) mass is 622 g/mol. The zero-order chi connectivity index (χ0) is 31.7. The lowest BCUT2D eigenvalue weighted by Crippen LogP contribution is -2.39. The molecule has 0 fully saturated rings. The summed E-state index contributed by atoms with van der Waals surface area (Å²) in [5.74, 6) is -0.333. The average Bonchev–Trinajstić information content (AvgIpc) is 3.47. The number of aromatic nitrogens is 2. The fourth-order valence-electron chi connectivity index (χ4n) is 5.78. The molecule has 0 unspecified atom stereocenters. The standard InChI is InChI=1S/C38H30N4O3S/c1-42(30-13-7-3-8-14-30)41-38(43)29-20-18-27(19-21-29)33-24-39-37-36(35(33)28-11-5-2-6-12-28)32-23-26(17-22-34(32)40-37)25-46(44,45)31-15-9-4-10-16-31/h2-24H,25H2,1H3,(H,39,40)(H,41,43). The van der Waals surface area contributed by atoms with Gasteiger partial charge in [-0.05, 0) is 65.2 Å². The molecule has 0 saturated carbocycles. The van der Waals surface area contributed by atoms with Crippen LogP contribution in [-0.2, 0) is 15.6 Å². The highest BCUT2D eigenvalue weighted by atomic mass is 32.2. The van der Waals surface area contributed by atoms with Gasteiger partial charge in [0.2, 0.25) is 0 Å². The van der Waals surface area contributed by atoms with E-state index in [9.17, 15) is 13.2 Å². The third-order valence-electron chi connectivity index (χ3n) is 8.08. The molecule has 46 heavy (non-hydrogen) atoms. The van der Waals surface area contributed by atoms with Gasteiger partial charge in [0, 0.05) is 46.2 Å². The Morgan fingerprint density at radius 2 is 1.43 bits per heavy atom. The maximum atomic E-state index is 13.2. The molecule has 7 aromatic rings. The van der Waals surface area contributed by atoms with Crippen LogP contribution in [0, 0.1) is 0 Å². The Kier molecular flexibility index (Phi) is 7.56. The van der Waals surface area contributed by atoms with Crippen molar-refractivity contribution in [3.8, 4) is 22.3 Å². The number of carbonyl (C=O) groups is 1. The lowest BCUT2D eigenvalue weighted by molar-refractivity contribution is 0.0951. The smallest absolute Gasteiger partial charge is 0.269 e. The summed E-state index contributed by atoms with van der Waals surface area (Å²) in [6.45, 7) is 0. The van der Waals surface area contributed by atoms with Crippen molar-refractivity contribution in [1.29, 1.82) is 0 Å². The molecule has 2 N–H and O–H groups in total. The van der Waals surface area contributed by atoms with Crippen molar-refractivity contribution in [3.63, 3.8) is 0 Å². The number of nitrogens with one attached hydrogen (secondary N) is 2. The number of hydrazine groups is 1. The molecule has 0 atom stereocenters. The summed E-state index contributed by atoms with van der Waals surface area (Å²) in [5.41, 5.74) is 10.4. The van der Waals surface area contributed by atoms with Gasteiger partial charge in [0.1, 0.15) is 5.65 Å². The summed E-state index contributed by atoms with van der Waals surface area (Å²) in [4.78, 5) is 21.6. The Labute approximate surface area is 267 Å². The number of anilines is 1. The van der Waals surface area contributed by atoms with Crippen LogP contribution < -0.4 is 10.4 Å². The number of benzene rings is 5. The number of amides is 1. The minimum atomic E-state index is -3.53. The highest BCUT2D eigenvalue weighted by Gasteiger charge is 2.20. The lowest BCUT2D eigenvalue weighted by atomic mass is 9.92. The Bertz CT molecular complexity index is 2290. The number of sulfone groups is 1. The first kappa shape index (κ1) is 29.0. The van der Waals surface area contributed by atoms with Crippen molar-refractivity contribution in [2.45, 2.75) is 10.6 Å². The quantitative estimate of drug-likeness (QED) is 0.169. The Balaban J connectivity index is 1.29. The van der Waals surface area contributed by atoms with Crippen LogP contribution in [0.3, 0.4) is 0 Å². The number of H-pyrrole nitrogens is 1. The molecule has 7 rings (SSSR count).